The number of hydrogen-bond acceptors (Lipinski definition) is 3. The molecule has 2 atom stereocenters. The number of hydrogen-bond donors (Lipinski definition) is 0. The summed E-state index contributed by atoms with van der Waals surface area (Å²) in [4.78, 5) is 26.2. The fourth-order valence-electron chi connectivity index (χ4n) is 2.41. The second-order valence-corrected chi connectivity index (χ2v) is 5.83. The zero-order valence-corrected chi connectivity index (χ0v) is 12.8. The first kappa shape index (κ1) is 14.7. The minimum absolute atomic E-state index is 0.193. The second kappa shape index (κ2) is 6.19. The Kier molecular flexibility index (Phi) is 4.56. The van der Waals surface area contributed by atoms with Gasteiger partial charge in [-0.15, -0.1) is 0 Å². The van der Waals surface area contributed by atoms with Crippen LogP contribution in [0.4, 0.5) is 5.69 Å². The molecule has 0 radical (unpaired) electrons. The summed E-state index contributed by atoms with van der Waals surface area (Å²) in [5.41, 5.74) is 0.784. The Hall–Kier alpha value is -1.67. The number of nitrogens with zero attached hydrogens (tertiary/aromatic N) is 2. The molecule has 0 saturated carbocycles. The number of benzene rings is 1. The lowest BCUT2D eigenvalue weighted by Gasteiger charge is -2.32. The molecular weight excluding hydrogens is 320 g/mol. The largest absolute Gasteiger partial charge is 0.312 e. The van der Waals surface area contributed by atoms with Crippen molar-refractivity contribution in [2.24, 2.45) is 11.8 Å². The average Bonchev–Trinajstić information content (AvgIpc) is 2.46. The number of halogens is 1. The molecule has 1 heterocycles. The number of anilines is 1. The van der Waals surface area contributed by atoms with Gasteiger partial charge in [-0.3, -0.25) is 9.59 Å². The molecule has 1 aliphatic rings. The van der Waals surface area contributed by atoms with E-state index in [1.165, 1.54) is 0 Å². The minimum Gasteiger partial charge on any atom is -0.312 e. The maximum Gasteiger partial charge on any atom is 0.237 e. The molecule has 5 heteroatoms. The van der Waals surface area contributed by atoms with E-state index in [4.69, 9.17) is 5.26 Å². The molecule has 4 nitrogen and oxygen atoms in total. The lowest BCUT2D eigenvalue weighted by Crippen LogP contribution is -2.45. The van der Waals surface area contributed by atoms with Gasteiger partial charge in [-0.2, -0.15) is 5.26 Å². The van der Waals surface area contributed by atoms with Gasteiger partial charge in [0, 0.05) is 16.7 Å². The minimum atomic E-state index is -0.730. The van der Waals surface area contributed by atoms with Crippen molar-refractivity contribution in [2.75, 3.05) is 11.4 Å². The van der Waals surface area contributed by atoms with Gasteiger partial charge in [0.25, 0.3) is 0 Å². The molecule has 2 rings (SSSR count). The van der Waals surface area contributed by atoms with Crippen LogP contribution in [0.1, 0.15) is 19.8 Å². The highest BCUT2D eigenvalue weighted by molar-refractivity contribution is 9.10. The highest BCUT2D eigenvalue weighted by atomic mass is 79.9. The summed E-state index contributed by atoms with van der Waals surface area (Å²) in [6.45, 7) is 2.16. The van der Waals surface area contributed by atoms with Crippen LogP contribution >= 0.6 is 15.9 Å². The van der Waals surface area contributed by atoms with E-state index in [0.29, 0.717) is 13.0 Å². The lowest BCUT2D eigenvalue weighted by molar-refractivity contribution is -0.135. The van der Waals surface area contributed by atoms with Crippen LogP contribution in [0.15, 0.2) is 28.7 Å². The summed E-state index contributed by atoms with van der Waals surface area (Å²) in [5, 5.41) is 8.84. The third kappa shape index (κ3) is 2.91. The topological polar surface area (TPSA) is 61.2 Å². The first-order valence-electron chi connectivity index (χ1n) is 6.55. The Balaban J connectivity index is 2.23. The van der Waals surface area contributed by atoms with E-state index in [9.17, 15) is 9.59 Å². The van der Waals surface area contributed by atoms with Gasteiger partial charge in [0.1, 0.15) is 5.92 Å². The third-order valence-corrected chi connectivity index (χ3v) is 4.02. The predicted molar refractivity (Wildman–Crippen MR) is 79.0 cm³/mol. The Bertz CT molecular complexity index is 579. The maximum atomic E-state index is 12.5. The number of piperidine rings is 1. The first-order chi connectivity index (χ1) is 9.54. The summed E-state index contributed by atoms with van der Waals surface area (Å²) >= 11 is 3.38. The molecule has 1 aromatic rings. The van der Waals surface area contributed by atoms with Crippen molar-refractivity contribution in [2.45, 2.75) is 19.8 Å². The van der Waals surface area contributed by atoms with Gasteiger partial charge in [0.05, 0.1) is 12.0 Å². The Morgan fingerprint density at radius 2 is 2.30 bits per heavy atom. The monoisotopic (exact) mass is 334 g/mol. The van der Waals surface area contributed by atoms with Crippen molar-refractivity contribution in [3.63, 3.8) is 0 Å². The number of rotatable bonds is 3. The molecule has 1 amide bonds. The van der Waals surface area contributed by atoms with Gasteiger partial charge >= 0.3 is 0 Å². The molecular formula is C15H15BrN2O2. The summed E-state index contributed by atoms with van der Waals surface area (Å²) in [5.74, 6) is -1.87. The summed E-state index contributed by atoms with van der Waals surface area (Å²) in [6.07, 6.45) is 1.31. The fourth-order valence-corrected chi connectivity index (χ4v) is 2.79. The van der Waals surface area contributed by atoms with Crippen LogP contribution < -0.4 is 4.90 Å². The van der Waals surface area contributed by atoms with Gasteiger partial charge < -0.3 is 4.90 Å². The Labute approximate surface area is 126 Å². The highest BCUT2D eigenvalue weighted by Crippen LogP contribution is 2.28. The van der Waals surface area contributed by atoms with Gasteiger partial charge in [-0.05, 0) is 38.0 Å². The number of nitriles is 1. The van der Waals surface area contributed by atoms with Crippen LogP contribution in [0.25, 0.3) is 0 Å². The van der Waals surface area contributed by atoms with E-state index in [-0.39, 0.29) is 11.7 Å². The van der Waals surface area contributed by atoms with Gasteiger partial charge in [0.2, 0.25) is 5.91 Å². The molecule has 1 aliphatic heterocycles. The van der Waals surface area contributed by atoms with E-state index in [0.717, 1.165) is 16.6 Å². The number of ketones is 1. The van der Waals surface area contributed by atoms with Gasteiger partial charge in [-0.1, -0.05) is 22.0 Å². The summed E-state index contributed by atoms with van der Waals surface area (Å²) in [6, 6.07) is 9.37. The molecule has 0 unspecified atom stereocenters. The fraction of sp³-hybridized carbons (Fsp3) is 0.400. The van der Waals surface area contributed by atoms with E-state index >= 15 is 0 Å². The van der Waals surface area contributed by atoms with Crippen LogP contribution in [0.2, 0.25) is 0 Å². The van der Waals surface area contributed by atoms with Crippen LogP contribution in [-0.4, -0.2) is 18.2 Å². The van der Waals surface area contributed by atoms with Crippen LogP contribution in [0.3, 0.4) is 0 Å². The molecule has 1 aromatic carbocycles. The molecule has 0 N–H and O–H groups in total. The summed E-state index contributed by atoms with van der Waals surface area (Å²) in [7, 11) is 0. The first-order valence-corrected chi connectivity index (χ1v) is 7.34. The molecule has 1 fully saturated rings. The highest BCUT2D eigenvalue weighted by Gasteiger charge is 2.36. The van der Waals surface area contributed by atoms with Gasteiger partial charge in [-0.25, -0.2) is 0 Å². The second-order valence-electron chi connectivity index (χ2n) is 4.92. The van der Waals surface area contributed by atoms with Crippen molar-refractivity contribution in [3.8, 4) is 6.07 Å². The van der Waals surface area contributed by atoms with Crippen LogP contribution in [-0.2, 0) is 9.59 Å². The lowest BCUT2D eigenvalue weighted by atomic mass is 9.87. The SMILES string of the molecule is C[C@@H](C#N)C(=O)[C@@H]1CCCN(c2cccc(Br)c2)C1=O. The third-order valence-electron chi connectivity index (χ3n) is 3.52. The smallest absolute Gasteiger partial charge is 0.237 e. The quantitative estimate of drug-likeness (QED) is 0.798. The van der Waals surface area contributed by atoms with E-state index in [1.54, 1.807) is 11.8 Å². The molecule has 0 aromatic heterocycles. The Morgan fingerprint density at radius 1 is 1.55 bits per heavy atom. The normalized spacial score (nSPS) is 20.4. The molecule has 1 saturated heterocycles. The van der Waals surface area contributed by atoms with E-state index in [1.807, 2.05) is 30.3 Å². The zero-order valence-electron chi connectivity index (χ0n) is 11.2. The predicted octanol–water partition coefficient (Wildman–Crippen LogP) is 2.92. The Morgan fingerprint density at radius 3 is 2.95 bits per heavy atom. The average molecular weight is 335 g/mol. The molecule has 0 bridgehead atoms. The molecule has 104 valence electrons. The van der Waals surface area contributed by atoms with Crippen molar-refractivity contribution < 1.29 is 9.59 Å². The number of Topliss-reactive ketones (excluding diaryl/α,β-unsaturated/α-hetero) is 1. The van der Waals surface area contributed by atoms with Crippen molar-refractivity contribution in [3.05, 3.63) is 28.7 Å². The molecule has 0 spiro atoms. The van der Waals surface area contributed by atoms with Crippen molar-refractivity contribution >= 4 is 33.3 Å². The zero-order chi connectivity index (χ0) is 14.7. The number of carbonyl (C=O) groups excluding carboxylic acids is 2. The van der Waals surface area contributed by atoms with Crippen LogP contribution in [0.5, 0.6) is 0 Å². The van der Waals surface area contributed by atoms with Gasteiger partial charge in [0.15, 0.2) is 5.78 Å². The van der Waals surface area contributed by atoms with Crippen molar-refractivity contribution in [1.29, 1.82) is 5.26 Å². The van der Waals surface area contributed by atoms with Crippen molar-refractivity contribution in [1.82, 2.24) is 0 Å². The maximum absolute atomic E-state index is 12.5. The van der Waals surface area contributed by atoms with E-state index in [2.05, 4.69) is 15.9 Å². The van der Waals surface area contributed by atoms with Crippen LogP contribution in [0, 0.1) is 23.2 Å². The summed E-state index contributed by atoms with van der Waals surface area (Å²) < 4.78 is 0.890. The standard InChI is InChI=1S/C15H15BrN2O2/c1-10(9-17)14(19)13-6-3-7-18(15(13)20)12-5-2-4-11(16)8-12/h2,4-5,8,10,13H,3,6-7H2,1H3/t10-,13-/m0/s1. The molecule has 0 aliphatic carbocycles. The van der Waals surface area contributed by atoms with E-state index < -0.39 is 11.8 Å². The number of amides is 1. The number of carbonyl (C=O) groups is 2. The molecule has 20 heavy (non-hydrogen) atoms.